The van der Waals surface area contributed by atoms with Crippen molar-refractivity contribution < 1.29 is 9.18 Å². The van der Waals surface area contributed by atoms with Crippen molar-refractivity contribution in [2.75, 3.05) is 22.5 Å². The molecule has 1 amide bonds. The molecule has 0 atom stereocenters. The van der Waals surface area contributed by atoms with Gasteiger partial charge in [0.1, 0.15) is 0 Å². The molecule has 0 saturated heterocycles. The van der Waals surface area contributed by atoms with Gasteiger partial charge in [0.15, 0.2) is 11.6 Å². The van der Waals surface area contributed by atoms with Crippen molar-refractivity contribution in [2.45, 2.75) is 6.92 Å². The van der Waals surface area contributed by atoms with Gasteiger partial charge >= 0.3 is 0 Å². The van der Waals surface area contributed by atoms with E-state index in [1.54, 1.807) is 47.4 Å². The Kier molecular flexibility index (Phi) is 5.68. The molecule has 148 valence electrons. The Morgan fingerprint density at radius 2 is 2.00 bits per heavy atom. The molecule has 0 aliphatic carbocycles. The van der Waals surface area contributed by atoms with Crippen LogP contribution in [0.25, 0.3) is 0 Å². The Hall–Kier alpha value is -4.01. The smallest absolute Gasteiger partial charge is 0.248 e. The van der Waals surface area contributed by atoms with Gasteiger partial charge in [0.05, 0.1) is 11.9 Å². The third-order valence-electron chi connectivity index (χ3n) is 4.28. The average molecular weight is 393 g/mol. The molecule has 0 unspecified atom stereocenters. The van der Waals surface area contributed by atoms with Gasteiger partial charge in [-0.15, -0.1) is 0 Å². The van der Waals surface area contributed by atoms with Gasteiger partial charge in [0, 0.05) is 35.3 Å². The molecule has 6 N–H and O–H groups in total. The SMILES string of the molecule is CCN(c1cccc(N)c1C=N)c1nc(Nc2ccc(C(N)=O)cc2)ncc1F. The van der Waals surface area contributed by atoms with Crippen molar-refractivity contribution >= 4 is 41.0 Å². The second-order valence-corrected chi connectivity index (χ2v) is 6.10. The lowest BCUT2D eigenvalue weighted by molar-refractivity contribution is 0.100. The number of nitrogens with zero attached hydrogens (tertiary/aromatic N) is 3. The second-order valence-electron chi connectivity index (χ2n) is 6.10. The first-order valence-corrected chi connectivity index (χ1v) is 8.80. The molecule has 0 radical (unpaired) electrons. The normalized spacial score (nSPS) is 10.4. The zero-order chi connectivity index (χ0) is 21.0. The van der Waals surface area contributed by atoms with E-state index in [2.05, 4.69) is 15.3 Å². The summed E-state index contributed by atoms with van der Waals surface area (Å²) in [5.74, 6) is -0.918. The van der Waals surface area contributed by atoms with E-state index in [1.165, 1.54) is 0 Å². The minimum atomic E-state index is -0.611. The summed E-state index contributed by atoms with van der Waals surface area (Å²) in [6, 6.07) is 11.6. The summed E-state index contributed by atoms with van der Waals surface area (Å²) >= 11 is 0. The first-order valence-electron chi connectivity index (χ1n) is 8.80. The van der Waals surface area contributed by atoms with Crippen molar-refractivity contribution in [3.8, 4) is 0 Å². The lowest BCUT2D eigenvalue weighted by atomic mass is 10.1. The lowest BCUT2D eigenvalue weighted by Gasteiger charge is -2.25. The monoisotopic (exact) mass is 393 g/mol. The highest BCUT2D eigenvalue weighted by atomic mass is 19.1. The molecular weight excluding hydrogens is 373 g/mol. The molecule has 0 aliphatic rings. The van der Waals surface area contributed by atoms with Gasteiger partial charge in [0.25, 0.3) is 0 Å². The van der Waals surface area contributed by atoms with Gasteiger partial charge in [-0.25, -0.2) is 9.37 Å². The molecule has 8 nitrogen and oxygen atoms in total. The fourth-order valence-electron chi connectivity index (χ4n) is 2.85. The number of nitrogen functional groups attached to an aromatic ring is 1. The number of nitrogens with two attached hydrogens (primary N) is 2. The number of amides is 1. The zero-order valence-electron chi connectivity index (χ0n) is 15.7. The number of hydrogen-bond donors (Lipinski definition) is 4. The number of aromatic nitrogens is 2. The van der Waals surface area contributed by atoms with Crippen molar-refractivity contribution in [3.63, 3.8) is 0 Å². The van der Waals surface area contributed by atoms with Crippen LogP contribution in [0.2, 0.25) is 0 Å². The van der Waals surface area contributed by atoms with Crippen LogP contribution in [0.1, 0.15) is 22.8 Å². The van der Waals surface area contributed by atoms with Gasteiger partial charge in [0.2, 0.25) is 11.9 Å². The predicted molar refractivity (Wildman–Crippen MR) is 112 cm³/mol. The molecule has 1 aromatic heterocycles. The lowest BCUT2D eigenvalue weighted by Crippen LogP contribution is -2.21. The number of carbonyl (C=O) groups is 1. The van der Waals surface area contributed by atoms with Crippen LogP contribution in [-0.4, -0.2) is 28.6 Å². The molecule has 29 heavy (non-hydrogen) atoms. The maximum atomic E-state index is 14.6. The van der Waals surface area contributed by atoms with Crippen LogP contribution < -0.4 is 21.7 Å². The Balaban J connectivity index is 1.96. The van der Waals surface area contributed by atoms with E-state index in [0.29, 0.717) is 34.7 Å². The van der Waals surface area contributed by atoms with Gasteiger partial charge in [-0.1, -0.05) is 6.07 Å². The number of nitrogens with one attached hydrogen (secondary N) is 2. The summed E-state index contributed by atoms with van der Waals surface area (Å²) in [5, 5.41) is 10.6. The summed E-state index contributed by atoms with van der Waals surface area (Å²) in [6.07, 6.45) is 2.20. The van der Waals surface area contributed by atoms with Gasteiger partial charge in [-0.2, -0.15) is 4.98 Å². The van der Waals surface area contributed by atoms with Gasteiger partial charge in [-0.05, 0) is 43.3 Å². The Labute approximate surface area is 166 Å². The fraction of sp³-hybridized carbons (Fsp3) is 0.100. The maximum Gasteiger partial charge on any atom is 0.248 e. The number of benzene rings is 2. The molecule has 9 heteroatoms. The Morgan fingerprint density at radius 3 is 2.62 bits per heavy atom. The van der Waals surface area contributed by atoms with Crippen LogP contribution in [0.5, 0.6) is 0 Å². The third-order valence-corrected chi connectivity index (χ3v) is 4.28. The molecule has 0 bridgehead atoms. The Bertz CT molecular complexity index is 1050. The van der Waals surface area contributed by atoms with Crippen LogP contribution in [0, 0.1) is 11.2 Å². The minimum Gasteiger partial charge on any atom is -0.398 e. The molecule has 0 spiro atoms. The summed E-state index contributed by atoms with van der Waals surface area (Å²) in [5.41, 5.74) is 13.6. The molecule has 0 fully saturated rings. The number of anilines is 5. The van der Waals surface area contributed by atoms with E-state index >= 15 is 0 Å². The third kappa shape index (κ3) is 4.13. The van der Waals surface area contributed by atoms with Crippen molar-refractivity contribution in [3.05, 3.63) is 65.6 Å². The van der Waals surface area contributed by atoms with E-state index in [1.807, 2.05) is 6.92 Å². The Morgan fingerprint density at radius 1 is 1.28 bits per heavy atom. The van der Waals surface area contributed by atoms with Gasteiger partial charge < -0.3 is 27.1 Å². The highest BCUT2D eigenvalue weighted by molar-refractivity contribution is 5.94. The topological polar surface area (TPSA) is 134 Å². The number of carbonyl (C=O) groups excluding carboxylic acids is 1. The quantitative estimate of drug-likeness (QED) is 0.360. The maximum absolute atomic E-state index is 14.6. The summed E-state index contributed by atoms with van der Waals surface area (Å²) in [6.45, 7) is 2.24. The molecular formula is C20H20FN7O. The second kappa shape index (κ2) is 8.34. The zero-order valence-corrected chi connectivity index (χ0v) is 15.7. The fourth-order valence-corrected chi connectivity index (χ4v) is 2.85. The van der Waals surface area contributed by atoms with Crippen molar-refractivity contribution in [1.29, 1.82) is 5.41 Å². The van der Waals surface area contributed by atoms with Crippen LogP contribution in [-0.2, 0) is 0 Å². The van der Waals surface area contributed by atoms with Crippen LogP contribution in [0.3, 0.4) is 0 Å². The minimum absolute atomic E-state index is 0.0486. The van der Waals surface area contributed by atoms with E-state index in [0.717, 1.165) is 12.4 Å². The van der Waals surface area contributed by atoms with E-state index in [9.17, 15) is 9.18 Å². The van der Waals surface area contributed by atoms with E-state index in [-0.39, 0.29) is 11.8 Å². The molecule has 1 heterocycles. The molecule has 3 rings (SSSR count). The van der Waals surface area contributed by atoms with Gasteiger partial charge in [-0.3, -0.25) is 4.79 Å². The highest BCUT2D eigenvalue weighted by Gasteiger charge is 2.19. The first kappa shape index (κ1) is 19.7. The molecule has 3 aromatic rings. The molecule has 0 aliphatic heterocycles. The first-order chi connectivity index (χ1) is 13.9. The van der Waals surface area contributed by atoms with Crippen LogP contribution in [0.15, 0.2) is 48.7 Å². The van der Waals surface area contributed by atoms with Crippen LogP contribution in [0.4, 0.5) is 33.2 Å². The van der Waals surface area contributed by atoms with Crippen molar-refractivity contribution in [1.82, 2.24) is 9.97 Å². The van der Waals surface area contributed by atoms with E-state index < -0.39 is 11.7 Å². The number of halogens is 1. The van der Waals surface area contributed by atoms with E-state index in [4.69, 9.17) is 16.9 Å². The number of hydrogen-bond acceptors (Lipinski definition) is 7. The summed E-state index contributed by atoms with van der Waals surface area (Å²) in [4.78, 5) is 21.1. The number of rotatable bonds is 7. The van der Waals surface area contributed by atoms with Crippen LogP contribution >= 0.6 is 0 Å². The average Bonchev–Trinajstić information content (AvgIpc) is 2.71. The summed E-state index contributed by atoms with van der Waals surface area (Å²) < 4.78 is 14.6. The standard InChI is InChI=1S/C20H20FN7O/c1-2-28(17-5-3-4-16(23)14(17)10-22)19-15(21)11-25-20(27-19)26-13-8-6-12(7-9-13)18(24)29/h3-11,22H,2,23H2,1H3,(H2,24,29)(H,25,26,27). The summed E-state index contributed by atoms with van der Waals surface area (Å²) in [7, 11) is 0. The molecule has 0 saturated carbocycles. The highest BCUT2D eigenvalue weighted by Crippen LogP contribution is 2.31. The largest absolute Gasteiger partial charge is 0.398 e. The van der Waals surface area contributed by atoms with Crippen molar-refractivity contribution in [2.24, 2.45) is 5.73 Å². The number of primary amides is 1. The molecule has 2 aromatic carbocycles. The predicted octanol–water partition coefficient (Wildman–Crippen LogP) is 3.20.